The molecule has 2 aromatic rings. The molecule has 0 fully saturated rings. The first-order valence-corrected chi connectivity index (χ1v) is 11.9. The number of fused-ring (bicyclic) bond motifs is 3. The molecular weight excluding hydrogens is 439 g/mol. The number of nitrogens with zero attached hydrogens (tertiary/aromatic N) is 4. The number of amidine groups is 1. The molecule has 9 nitrogen and oxygen atoms in total. The van der Waals surface area contributed by atoms with Gasteiger partial charge in [0.15, 0.2) is 21.4 Å². The summed E-state index contributed by atoms with van der Waals surface area (Å²) in [5.74, 6) is -1.29. The molecule has 11 heteroatoms. The highest BCUT2D eigenvalue weighted by atomic mass is 32.2. The quantitative estimate of drug-likeness (QED) is 0.456. The molecule has 0 atom stereocenters. The van der Waals surface area contributed by atoms with Crippen molar-refractivity contribution in [3.05, 3.63) is 57.4 Å². The Balaban J connectivity index is 1.70. The van der Waals surface area contributed by atoms with Gasteiger partial charge in [0.05, 0.1) is 34.0 Å². The molecule has 0 amide bonds. The maximum atomic E-state index is 15.2. The zero-order chi connectivity index (χ0) is 22.9. The van der Waals surface area contributed by atoms with Gasteiger partial charge in [0.2, 0.25) is 0 Å². The van der Waals surface area contributed by atoms with Crippen LogP contribution in [0.4, 0.5) is 15.8 Å². The SMILES string of the molecule is CCCS(=O)(=O)Cc1c([N+](=O)[O-])ccc(Oc2ccc3c(c2)C2=NCCCN2C=N3)c1F. The highest BCUT2D eigenvalue weighted by Gasteiger charge is 2.27. The summed E-state index contributed by atoms with van der Waals surface area (Å²) in [4.78, 5) is 21.4. The van der Waals surface area contributed by atoms with Gasteiger partial charge in [0, 0.05) is 24.7 Å². The van der Waals surface area contributed by atoms with Gasteiger partial charge in [-0.15, -0.1) is 0 Å². The summed E-state index contributed by atoms with van der Waals surface area (Å²) < 4.78 is 45.4. The van der Waals surface area contributed by atoms with E-state index < -0.39 is 37.6 Å². The van der Waals surface area contributed by atoms with E-state index in [0.717, 1.165) is 36.5 Å². The average Bonchev–Trinajstić information content (AvgIpc) is 2.76. The van der Waals surface area contributed by atoms with Gasteiger partial charge in [0.25, 0.3) is 5.69 Å². The van der Waals surface area contributed by atoms with E-state index in [1.807, 2.05) is 4.90 Å². The van der Waals surface area contributed by atoms with Crippen LogP contribution in [-0.2, 0) is 15.6 Å². The van der Waals surface area contributed by atoms with Crippen molar-refractivity contribution in [1.82, 2.24) is 4.90 Å². The molecule has 2 aliphatic heterocycles. The van der Waals surface area contributed by atoms with Crippen LogP contribution in [0.3, 0.4) is 0 Å². The standard InChI is InChI=1S/C21H21FN4O5S/c1-2-10-32(29,30)12-16-18(26(27)28)6-7-19(20(16)22)31-14-4-5-17-15(11-14)21-23-8-3-9-25(21)13-24-17/h4-7,11,13H,2-3,8-10,12H2,1H3. The predicted octanol–water partition coefficient (Wildman–Crippen LogP) is 3.98. The number of nitro groups is 1. The molecule has 0 radical (unpaired) electrons. The second-order valence-corrected chi connectivity index (χ2v) is 9.69. The molecule has 0 bridgehead atoms. The van der Waals surface area contributed by atoms with E-state index in [0.29, 0.717) is 18.7 Å². The number of halogens is 1. The van der Waals surface area contributed by atoms with Crippen molar-refractivity contribution in [2.24, 2.45) is 9.98 Å². The Morgan fingerprint density at radius 2 is 2.09 bits per heavy atom. The monoisotopic (exact) mass is 460 g/mol. The zero-order valence-corrected chi connectivity index (χ0v) is 18.1. The molecule has 0 spiro atoms. The van der Waals surface area contributed by atoms with Crippen LogP contribution in [0.2, 0.25) is 0 Å². The van der Waals surface area contributed by atoms with Gasteiger partial charge in [0.1, 0.15) is 11.6 Å². The molecule has 0 N–H and O–H groups in total. The Kier molecular flexibility index (Phi) is 5.92. The van der Waals surface area contributed by atoms with E-state index in [1.54, 1.807) is 31.5 Å². The van der Waals surface area contributed by atoms with Crippen molar-refractivity contribution < 1.29 is 22.5 Å². The van der Waals surface area contributed by atoms with Crippen molar-refractivity contribution >= 4 is 33.4 Å². The molecule has 2 aromatic carbocycles. The molecule has 0 aliphatic carbocycles. The second-order valence-electron chi connectivity index (χ2n) is 7.50. The van der Waals surface area contributed by atoms with Gasteiger partial charge < -0.3 is 9.64 Å². The van der Waals surface area contributed by atoms with Crippen molar-refractivity contribution in [2.45, 2.75) is 25.5 Å². The lowest BCUT2D eigenvalue weighted by Crippen LogP contribution is -2.36. The molecule has 168 valence electrons. The van der Waals surface area contributed by atoms with Gasteiger partial charge in [-0.05, 0) is 37.1 Å². The van der Waals surface area contributed by atoms with Crippen LogP contribution < -0.4 is 4.74 Å². The van der Waals surface area contributed by atoms with E-state index >= 15 is 4.39 Å². The number of sulfone groups is 1. The number of nitro benzene ring substituents is 1. The van der Waals surface area contributed by atoms with Crippen LogP contribution in [0, 0.1) is 15.9 Å². The molecule has 32 heavy (non-hydrogen) atoms. The first-order valence-electron chi connectivity index (χ1n) is 10.1. The maximum Gasteiger partial charge on any atom is 0.276 e. The Labute approximate surface area is 184 Å². The van der Waals surface area contributed by atoms with Crippen LogP contribution in [0.1, 0.15) is 30.9 Å². The maximum absolute atomic E-state index is 15.2. The minimum absolute atomic E-state index is 0.196. The van der Waals surface area contributed by atoms with Gasteiger partial charge in [-0.3, -0.25) is 15.1 Å². The third-order valence-corrected chi connectivity index (χ3v) is 6.88. The minimum atomic E-state index is -3.72. The van der Waals surface area contributed by atoms with Crippen molar-refractivity contribution in [3.63, 3.8) is 0 Å². The lowest BCUT2D eigenvalue weighted by molar-refractivity contribution is -0.385. The van der Waals surface area contributed by atoms with Crippen molar-refractivity contribution in [1.29, 1.82) is 0 Å². The first kappa shape index (κ1) is 21.9. The molecule has 0 aromatic heterocycles. The number of benzene rings is 2. The summed E-state index contributed by atoms with van der Waals surface area (Å²) in [7, 11) is -3.72. The summed E-state index contributed by atoms with van der Waals surface area (Å²) in [5.41, 5.74) is 0.329. The Hall–Kier alpha value is -3.34. The van der Waals surface area contributed by atoms with E-state index in [-0.39, 0.29) is 17.3 Å². The highest BCUT2D eigenvalue weighted by molar-refractivity contribution is 7.90. The summed E-state index contributed by atoms with van der Waals surface area (Å²) in [6.45, 7) is 3.15. The second kappa shape index (κ2) is 8.65. The average molecular weight is 460 g/mol. The van der Waals surface area contributed by atoms with E-state index in [9.17, 15) is 18.5 Å². The topological polar surface area (TPSA) is 114 Å². The summed E-state index contributed by atoms with van der Waals surface area (Å²) in [5, 5.41) is 11.4. The van der Waals surface area contributed by atoms with Gasteiger partial charge in [-0.2, -0.15) is 0 Å². The molecule has 0 saturated heterocycles. The number of aliphatic imine (C=N–C) groups is 2. The molecule has 0 unspecified atom stereocenters. The summed E-state index contributed by atoms with van der Waals surface area (Å²) in [6, 6.07) is 7.18. The lowest BCUT2D eigenvalue weighted by atomic mass is 10.1. The van der Waals surface area contributed by atoms with E-state index in [1.165, 1.54) is 0 Å². The minimum Gasteiger partial charge on any atom is -0.454 e. The van der Waals surface area contributed by atoms with Crippen molar-refractivity contribution in [3.8, 4) is 11.5 Å². The smallest absolute Gasteiger partial charge is 0.276 e. The van der Waals surface area contributed by atoms with Crippen LogP contribution >= 0.6 is 0 Å². The number of ether oxygens (including phenoxy) is 1. The summed E-state index contributed by atoms with van der Waals surface area (Å²) in [6.07, 6.45) is 2.96. The molecule has 0 saturated carbocycles. The van der Waals surface area contributed by atoms with Crippen molar-refractivity contribution in [2.75, 3.05) is 18.8 Å². The number of rotatable bonds is 7. The normalized spacial score (nSPS) is 15.1. The highest BCUT2D eigenvalue weighted by Crippen LogP contribution is 2.36. The van der Waals surface area contributed by atoms with E-state index in [2.05, 4.69) is 9.98 Å². The Bertz CT molecular complexity index is 1240. The molecule has 2 heterocycles. The fraction of sp³-hybridized carbons (Fsp3) is 0.333. The lowest BCUT2D eigenvalue weighted by Gasteiger charge is -2.29. The van der Waals surface area contributed by atoms with Gasteiger partial charge in [-0.25, -0.2) is 17.8 Å². The molecular formula is C21H21FN4O5S. The van der Waals surface area contributed by atoms with Crippen LogP contribution in [0.5, 0.6) is 11.5 Å². The van der Waals surface area contributed by atoms with Crippen LogP contribution in [-0.4, -0.2) is 49.3 Å². The Morgan fingerprint density at radius 3 is 2.84 bits per heavy atom. The zero-order valence-electron chi connectivity index (χ0n) is 17.3. The van der Waals surface area contributed by atoms with E-state index in [4.69, 9.17) is 4.74 Å². The van der Waals surface area contributed by atoms with Crippen LogP contribution in [0.15, 0.2) is 40.3 Å². The Morgan fingerprint density at radius 1 is 1.28 bits per heavy atom. The third kappa shape index (κ3) is 4.33. The molecule has 4 rings (SSSR count). The fourth-order valence-corrected chi connectivity index (χ4v) is 5.16. The van der Waals surface area contributed by atoms with Gasteiger partial charge >= 0.3 is 0 Å². The number of hydrogen-bond donors (Lipinski definition) is 0. The first-order chi connectivity index (χ1) is 15.3. The molecule has 2 aliphatic rings. The fourth-order valence-electron chi connectivity index (χ4n) is 3.68. The largest absolute Gasteiger partial charge is 0.454 e. The summed E-state index contributed by atoms with van der Waals surface area (Å²) >= 11 is 0. The van der Waals surface area contributed by atoms with Crippen LogP contribution in [0.25, 0.3) is 0 Å². The number of hydrogen-bond acceptors (Lipinski definition) is 8. The van der Waals surface area contributed by atoms with Gasteiger partial charge in [-0.1, -0.05) is 6.92 Å². The predicted molar refractivity (Wildman–Crippen MR) is 118 cm³/mol. The third-order valence-electron chi connectivity index (χ3n) is 5.12.